The molecule has 0 atom stereocenters. The van der Waals surface area contributed by atoms with Gasteiger partial charge in [0.25, 0.3) is 0 Å². The number of carbonyl (C=O) groups is 2. The molecule has 1 aliphatic rings. The highest BCUT2D eigenvalue weighted by atomic mass is 16.6. The van der Waals surface area contributed by atoms with E-state index in [0.717, 1.165) is 11.1 Å². The molecular formula is C26H30NO6+. The molecule has 0 N–H and O–H groups in total. The third kappa shape index (κ3) is 5.74. The van der Waals surface area contributed by atoms with Gasteiger partial charge in [-0.1, -0.05) is 43.0 Å². The average Bonchev–Trinajstić information content (AvgIpc) is 2.81. The van der Waals surface area contributed by atoms with Crippen molar-refractivity contribution in [3.8, 4) is 0 Å². The van der Waals surface area contributed by atoms with Crippen LogP contribution in [0.2, 0.25) is 0 Å². The summed E-state index contributed by atoms with van der Waals surface area (Å²) < 4.78 is 17.6. The second kappa shape index (κ2) is 11.0. The Morgan fingerprint density at radius 2 is 1.97 bits per heavy atom. The third-order valence-corrected chi connectivity index (χ3v) is 5.65. The molecule has 0 saturated carbocycles. The van der Waals surface area contributed by atoms with Gasteiger partial charge in [-0.3, -0.25) is 9.59 Å². The number of hydrogen-bond acceptors (Lipinski definition) is 6. The SMILES string of the molecule is C=C/C=C(\C=C/C)c1cccc2c(=O)cc([N+]3(COC(=O)CCC(C)=O)CCOCC3)oc12. The normalized spacial score (nSPS) is 16.1. The minimum absolute atomic E-state index is 0.000921. The molecule has 33 heavy (non-hydrogen) atoms. The Labute approximate surface area is 193 Å². The number of nitrogens with zero attached hydrogens (tertiary/aromatic N) is 1. The molecule has 174 valence electrons. The molecule has 3 rings (SSSR count). The predicted octanol–water partition coefficient (Wildman–Crippen LogP) is 4.15. The quantitative estimate of drug-likeness (QED) is 0.323. The number of Topliss-reactive ketones (excluding diaryl/α,β-unsaturated/α-hetero) is 1. The summed E-state index contributed by atoms with van der Waals surface area (Å²) in [5.41, 5.74) is 1.94. The minimum atomic E-state index is -0.456. The van der Waals surface area contributed by atoms with Crippen LogP contribution in [-0.4, -0.2) is 44.8 Å². The van der Waals surface area contributed by atoms with Crippen LogP contribution in [0.25, 0.3) is 16.5 Å². The molecule has 1 aliphatic heterocycles. The number of ketones is 1. The number of hydrogen-bond donors (Lipinski definition) is 0. The first-order valence-electron chi connectivity index (χ1n) is 11.0. The Morgan fingerprint density at radius 1 is 1.21 bits per heavy atom. The van der Waals surface area contributed by atoms with Gasteiger partial charge in [0.15, 0.2) is 11.0 Å². The van der Waals surface area contributed by atoms with Crippen LogP contribution in [0.4, 0.5) is 5.88 Å². The summed E-state index contributed by atoms with van der Waals surface area (Å²) in [4.78, 5) is 36.5. The number of esters is 1. The van der Waals surface area contributed by atoms with Crippen molar-refractivity contribution < 1.29 is 23.5 Å². The maximum Gasteiger partial charge on any atom is 0.310 e. The van der Waals surface area contributed by atoms with Gasteiger partial charge < -0.3 is 18.7 Å². The summed E-state index contributed by atoms with van der Waals surface area (Å²) >= 11 is 0. The highest BCUT2D eigenvalue weighted by Gasteiger charge is 2.38. The summed E-state index contributed by atoms with van der Waals surface area (Å²) in [7, 11) is 0. The molecule has 1 aromatic heterocycles. The Bertz CT molecular complexity index is 1150. The maximum absolute atomic E-state index is 13.1. The fourth-order valence-electron chi connectivity index (χ4n) is 3.82. The highest BCUT2D eigenvalue weighted by Crippen LogP contribution is 2.31. The van der Waals surface area contributed by atoms with Crippen LogP contribution in [-0.2, 0) is 19.1 Å². The van der Waals surface area contributed by atoms with Crippen molar-refractivity contribution in [2.45, 2.75) is 26.7 Å². The second-order valence-corrected chi connectivity index (χ2v) is 8.04. The Morgan fingerprint density at radius 3 is 2.64 bits per heavy atom. The number of ether oxygens (including phenoxy) is 2. The largest absolute Gasteiger partial charge is 0.414 e. The average molecular weight is 453 g/mol. The first-order valence-corrected chi connectivity index (χ1v) is 11.0. The van der Waals surface area contributed by atoms with Crippen LogP contribution in [0.1, 0.15) is 32.3 Å². The third-order valence-electron chi connectivity index (χ3n) is 5.65. The fraction of sp³-hybridized carbons (Fsp3) is 0.346. The molecule has 0 spiro atoms. The highest BCUT2D eigenvalue weighted by molar-refractivity contribution is 5.93. The van der Waals surface area contributed by atoms with Crippen molar-refractivity contribution in [1.29, 1.82) is 0 Å². The van der Waals surface area contributed by atoms with Crippen LogP contribution < -0.4 is 9.91 Å². The summed E-state index contributed by atoms with van der Waals surface area (Å²) in [6.45, 7) is 8.99. The van der Waals surface area contributed by atoms with E-state index in [9.17, 15) is 14.4 Å². The number of benzene rings is 1. The van der Waals surface area contributed by atoms with E-state index in [1.165, 1.54) is 13.0 Å². The predicted molar refractivity (Wildman–Crippen MR) is 129 cm³/mol. The standard InChI is InChI=1S/C26H30NO6/c1-4-7-20(8-5-2)21-9-6-10-22-23(29)17-24(33-26(21)22)27(13-15-31-16-14-27)18-32-25(30)12-11-19(3)28/h4-10,17H,1,11-16,18H2,2-3H3/q+1/b8-5-,20-7+. The molecule has 7 nitrogen and oxygen atoms in total. The Hall–Kier alpha value is -3.29. The molecule has 1 saturated heterocycles. The first kappa shape index (κ1) is 24.4. The van der Waals surface area contributed by atoms with Gasteiger partial charge >= 0.3 is 11.9 Å². The van der Waals surface area contributed by atoms with Gasteiger partial charge in [0.2, 0.25) is 6.73 Å². The second-order valence-electron chi connectivity index (χ2n) is 8.04. The Kier molecular flexibility index (Phi) is 8.14. The van der Waals surface area contributed by atoms with Gasteiger partial charge in [-0.05, 0) is 25.5 Å². The summed E-state index contributed by atoms with van der Waals surface area (Å²) in [6.07, 6.45) is 7.55. The zero-order valence-electron chi connectivity index (χ0n) is 19.2. The van der Waals surface area contributed by atoms with Crippen molar-refractivity contribution in [2.75, 3.05) is 33.0 Å². The van der Waals surface area contributed by atoms with E-state index < -0.39 is 5.97 Å². The smallest absolute Gasteiger partial charge is 0.310 e. The molecule has 1 aromatic carbocycles. The molecular weight excluding hydrogens is 422 g/mol. The van der Waals surface area contributed by atoms with E-state index in [4.69, 9.17) is 13.9 Å². The van der Waals surface area contributed by atoms with Crippen LogP contribution in [0.5, 0.6) is 0 Å². The van der Waals surface area contributed by atoms with Crippen molar-refractivity contribution in [1.82, 2.24) is 4.48 Å². The van der Waals surface area contributed by atoms with Crippen molar-refractivity contribution in [3.05, 3.63) is 70.9 Å². The van der Waals surface area contributed by atoms with Crippen LogP contribution >= 0.6 is 0 Å². The molecule has 0 unspecified atom stereocenters. The lowest BCUT2D eigenvalue weighted by Crippen LogP contribution is -2.58. The van der Waals surface area contributed by atoms with Gasteiger partial charge in [0.05, 0.1) is 31.1 Å². The van der Waals surface area contributed by atoms with Gasteiger partial charge in [-0.25, -0.2) is 4.48 Å². The van der Waals surface area contributed by atoms with Crippen molar-refractivity contribution in [2.24, 2.45) is 0 Å². The first-order chi connectivity index (χ1) is 15.9. The Balaban J connectivity index is 2.06. The minimum Gasteiger partial charge on any atom is -0.414 e. The van der Waals surface area contributed by atoms with E-state index in [-0.39, 0.29) is 35.3 Å². The zero-order valence-corrected chi connectivity index (χ0v) is 19.2. The number of allylic oxidation sites excluding steroid dienone is 5. The van der Waals surface area contributed by atoms with Crippen molar-refractivity contribution in [3.63, 3.8) is 0 Å². The number of rotatable bonds is 9. The summed E-state index contributed by atoms with van der Waals surface area (Å²) in [5.74, 6) is -0.108. The topological polar surface area (TPSA) is 82.8 Å². The maximum atomic E-state index is 13.1. The van der Waals surface area contributed by atoms with E-state index in [2.05, 4.69) is 6.58 Å². The number of fused-ring (bicyclic) bond motifs is 1. The van der Waals surface area contributed by atoms with E-state index >= 15 is 0 Å². The van der Waals surface area contributed by atoms with Crippen LogP contribution in [0.15, 0.2) is 64.4 Å². The van der Waals surface area contributed by atoms with Gasteiger partial charge in [0.1, 0.15) is 18.9 Å². The lowest BCUT2D eigenvalue weighted by atomic mass is 10.0. The van der Waals surface area contributed by atoms with Gasteiger partial charge in [0, 0.05) is 12.0 Å². The molecule has 0 amide bonds. The molecule has 0 bridgehead atoms. The number of quaternary nitrogens is 1. The zero-order chi connectivity index (χ0) is 23.8. The van der Waals surface area contributed by atoms with E-state index in [1.54, 1.807) is 12.1 Å². The summed E-state index contributed by atoms with van der Waals surface area (Å²) in [5, 5.41) is 0.473. The number of morpholine rings is 1. The number of para-hydroxylation sites is 1. The van der Waals surface area contributed by atoms with Crippen LogP contribution in [0.3, 0.4) is 0 Å². The lowest BCUT2D eigenvalue weighted by molar-refractivity contribution is -0.151. The molecule has 2 heterocycles. The monoisotopic (exact) mass is 452 g/mol. The van der Waals surface area contributed by atoms with Gasteiger partial charge in [-0.2, -0.15) is 0 Å². The molecule has 2 aromatic rings. The molecule has 7 heteroatoms. The van der Waals surface area contributed by atoms with E-state index in [0.29, 0.717) is 43.2 Å². The van der Waals surface area contributed by atoms with Crippen LogP contribution in [0, 0.1) is 0 Å². The van der Waals surface area contributed by atoms with E-state index in [1.807, 2.05) is 37.3 Å². The lowest BCUT2D eigenvalue weighted by Gasteiger charge is -2.37. The fourth-order valence-corrected chi connectivity index (χ4v) is 3.82. The molecule has 1 fully saturated rings. The van der Waals surface area contributed by atoms with Crippen molar-refractivity contribution >= 4 is 34.2 Å². The van der Waals surface area contributed by atoms with Gasteiger partial charge in [-0.15, -0.1) is 0 Å². The summed E-state index contributed by atoms with van der Waals surface area (Å²) in [6, 6.07) is 6.94. The molecule has 0 radical (unpaired) electrons. The molecule has 0 aliphatic carbocycles. The number of carbonyl (C=O) groups excluding carboxylic acids is 2.